The molecule has 3 N–H and O–H groups in total. The van der Waals surface area contributed by atoms with Gasteiger partial charge in [0.15, 0.2) is 0 Å². The van der Waals surface area contributed by atoms with Crippen molar-refractivity contribution < 1.29 is 27.8 Å². The Hall–Kier alpha value is -2.61. The van der Waals surface area contributed by atoms with Gasteiger partial charge >= 0.3 is 12.4 Å². The SMILES string of the molecule is O=C(Nc1ccc(OC(F)(F)F)cc1)Nc1ccc(O)c(Cl)c1. The molecule has 122 valence electrons. The normalized spacial score (nSPS) is 11.0. The van der Waals surface area contributed by atoms with E-state index in [1.807, 2.05) is 0 Å². The Bertz CT molecular complexity index is 705. The molecule has 0 spiro atoms. The van der Waals surface area contributed by atoms with Gasteiger partial charge in [-0.15, -0.1) is 13.2 Å². The third-order valence-electron chi connectivity index (χ3n) is 2.55. The van der Waals surface area contributed by atoms with Crippen LogP contribution in [0.25, 0.3) is 0 Å². The smallest absolute Gasteiger partial charge is 0.506 e. The minimum absolute atomic E-state index is 0.0662. The van der Waals surface area contributed by atoms with Crippen LogP contribution in [-0.4, -0.2) is 17.5 Å². The van der Waals surface area contributed by atoms with E-state index in [4.69, 9.17) is 11.6 Å². The number of benzene rings is 2. The van der Waals surface area contributed by atoms with Crippen LogP contribution >= 0.6 is 11.6 Å². The van der Waals surface area contributed by atoms with E-state index in [1.54, 1.807) is 0 Å². The maximum absolute atomic E-state index is 12.0. The molecule has 2 aromatic carbocycles. The fraction of sp³-hybridized carbons (Fsp3) is 0.0714. The molecule has 2 rings (SSSR count). The van der Waals surface area contributed by atoms with E-state index < -0.39 is 18.1 Å². The molecule has 2 aromatic rings. The Morgan fingerprint density at radius 2 is 1.61 bits per heavy atom. The molecule has 0 atom stereocenters. The van der Waals surface area contributed by atoms with Crippen LogP contribution in [0.3, 0.4) is 0 Å². The van der Waals surface area contributed by atoms with E-state index in [1.165, 1.54) is 30.3 Å². The fourth-order valence-corrected chi connectivity index (χ4v) is 1.80. The summed E-state index contributed by atoms with van der Waals surface area (Å²) >= 11 is 5.70. The van der Waals surface area contributed by atoms with Crippen molar-refractivity contribution in [3.63, 3.8) is 0 Å². The Morgan fingerprint density at radius 3 is 2.17 bits per heavy atom. The molecule has 0 saturated carbocycles. The summed E-state index contributed by atoms with van der Waals surface area (Å²) in [5.41, 5.74) is 0.601. The molecule has 9 heteroatoms. The number of halogens is 4. The molecule has 0 aliphatic heterocycles. The van der Waals surface area contributed by atoms with Gasteiger partial charge in [-0.05, 0) is 42.5 Å². The number of urea groups is 1. The third-order valence-corrected chi connectivity index (χ3v) is 2.85. The van der Waals surface area contributed by atoms with Gasteiger partial charge in [0.2, 0.25) is 0 Å². The fourth-order valence-electron chi connectivity index (χ4n) is 1.62. The quantitative estimate of drug-likeness (QED) is 0.712. The molecule has 23 heavy (non-hydrogen) atoms. The molecule has 0 aromatic heterocycles. The van der Waals surface area contributed by atoms with Crippen LogP contribution in [-0.2, 0) is 0 Å². The van der Waals surface area contributed by atoms with Gasteiger partial charge in [0.05, 0.1) is 5.02 Å². The number of phenolic OH excluding ortho intramolecular Hbond substituents is 1. The van der Waals surface area contributed by atoms with Crippen LogP contribution in [0.1, 0.15) is 0 Å². The zero-order valence-electron chi connectivity index (χ0n) is 11.3. The monoisotopic (exact) mass is 346 g/mol. The van der Waals surface area contributed by atoms with Crippen LogP contribution in [0.2, 0.25) is 5.02 Å². The lowest BCUT2D eigenvalue weighted by atomic mass is 10.3. The predicted molar refractivity (Wildman–Crippen MR) is 78.9 cm³/mol. The van der Waals surface area contributed by atoms with Gasteiger partial charge in [0.25, 0.3) is 0 Å². The standard InChI is InChI=1S/C14H10ClF3N2O3/c15-11-7-9(3-6-12(11)21)20-13(22)19-8-1-4-10(5-2-8)23-14(16,17)18/h1-7,21H,(H2,19,20,22). The Kier molecular flexibility index (Phi) is 4.85. The summed E-state index contributed by atoms with van der Waals surface area (Å²) in [6, 6.07) is 8.10. The first-order valence-electron chi connectivity index (χ1n) is 6.15. The molecule has 0 aliphatic carbocycles. The Morgan fingerprint density at radius 1 is 1.04 bits per heavy atom. The first-order valence-corrected chi connectivity index (χ1v) is 6.53. The average molecular weight is 347 g/mol. The molecular weight excluding hydrogens is 337 g/mol. The highest BCUT2D eigenvalue weighted by atomic mass is 35.5. The first-order chi connectivity index (χ1) is 10.7. The van der Waals surface area contributed by atoms with E-state index in [-0.39, 0.29) is 16.5 Å². The number of aromatic hydroxyl groups is 1. The van der Waals surface area contributed by atoms with E-state index in [0.717, 1.165) is 12.1 Å². The minimum Gasteiger partial charge on any atom is -0.506 e. The van der Waals surface area contributed by atoms with Crippen LogP contribution in [0.4, 0.5) is 29.3 Å². The summed E-state index contributed by atoms with van der Waals surface area (Å²) in [7, 11) is 0. The third kappa shape index (κ3) is 5.26. The Balaban J connectivity index is 1.96. The number of phenols is 1. The molecular formula is C14H10ClF3N2O3. The van der Waals surface area contributed by atoms with Crippen molar-refractivity contribution in [3.8, 4) is 11.5 Å². The lowest BCUT2D eigenvalue weighted by Gasteiger charge is -2.11. The summed E-state index contributed by atoms with van der Waals surface area (Å²) < 4.78 is 39.8. The van der Waals surface area contributed by atoms with Gasteiger partial charge < -0.3 is 20.5 Å². The maximum Gasteiger partial charge on any atom is 0.573 e. The molecule has 0 fully saturated rings. The van der Waals surface area contributed by atoms with Gasteiger partial charge in [0, 0.05) is 11.4 Å². The number of carbonyl (C=O) groups is 1. The van der Waals surface area contributed by atoms with Crippen molar-refractivity contribution in [1.82, 2.24) is 0 Å². The van der Waals surface area contributed by atoms with Crippen molar-refractivity contribution in [3.05, 3.63) is 47.5 Å². The second kappa shape index (κ2) is 6.66. The number of hydrogen-bond donors (Lipinski definition) is 3. The lowest BCUT2D eigenvalue weighted by molar-refractivity contribution is -0.274. The number of amides is 2. The van der Waals surface area contributed by atoms with Crippen molar-refractivity contribution in [1.29, 1.82) is 0 Å². The molecule has 5 nitrogen and oxygen atoms in total. The largest absolute Gasteiger partial charge is 0.573 e. The summed E-state index contributed by atoms with van der Waals surface area (Å²) in [6.07, 6.45) is -4.77. The van der Waals surface area contributed by atoms with Gasteiger partial charge in [-0.2, -0.15) is 0 Å². The summed E-state index contributed by atoms with van der Waals surface area (Å²) in [6.45, 7) is 0. The van der Waals surface area contributed by atoms with Crippen molar-refractivity contribution in [2.45, 2.75) is 6.36 Å². The highest BCUT2D eigenvalue weighted by Crippen LogP contribution is 2.26. The zero-order valence-corrected chi connectivity index (χ0v) is 12.1. The predicted octanol–water partition coefficient (Wildman–Crippen LogP) is 4.59. The number of alkyl halides is 3. The van der Waals surface area contributed by atoms with E-state index in [9.17, 15) is 23.1 Å². The molecule has 0 heterocycles. The number of anilines is 2. The number of nitrogens with one attached hydrogen (secondary N) is 2. The molecule has 2 amide bonds. The topological polar surface area (TPSA) is 70.6 Å². The van der Waals surface area contributed by atoms with Crippen LogP contribution in [0, 0.1) is 0 Å². The highest BCUT2D eigenvalue weighted by Gasteiger charge is 2.30. The lowest BCUT2D eigenvalue weighted by Crippen LogP contribution is -2.19. The molecule has 0 saturated heterocycles. The number of hydrogen-bond acceptors (Lipinski definition) is 3. The molecule has 0 unspecified atom stereocenters. The van der Waals surface area contributed by atoms with Crippen molar-refractivity contribution >= 4 is 29.0 Å². The summed E-state index contributed by atoms with van der Waals surface area (Å²) in [5.74, 6) is -0.522. The van der Waals surface area contributed by atoms with Gasteiger partial charge in [-0.1, -0.05) is 11.6 Å². The van der Waals surface area contributed by atoms with Crippen LogP contribution in [0.5, 0.6) is 11.5 Å². The van der Waals surface area contributed by atoms with Gasteiger partial charge in [0.1, 0.15) is 11.5 Å². The van der Waals surface area contributed by atoms with Gasteiger partial charge in [-0.25, -0.2) is 4.79 Å². The minimum atomic E-state index is -4.77. The van der Waals surface area contributed by atoms with Crippen LogP contribution in [0.15, 0.2) is 42.5 Å². The van der Waals surface area contributed by atoms with E-state index >= 15 is 0 Å². The second-order valence-electron chi connectivity index (χ2n) is 4.32. The van der Waals surface area contributed by atoms with Crippen LogP contribution < -0.4 is 15.4 Å². The van der Waals surface area contributed by atoms with Crippen molar-refractivity contribution in [2.24, 2.45) is 0 Å². The summed E-state index contributed by atoms with van der Waals surface area (Å²) in [4.78, 5) is 11.8. The zero-order chi connectivity index (χ0) is 17.0. The van der Waals surface area contributed by atoms with E-state index in [0.29, 0.717) is 5.69 Å². The number of carbonyl (C=O) groups excluding carboxylic acids is 1. The number of ether oxygens (including phenoxy) is 1. The highest BCUT2D eigenvalue weighted by molar-refractivity contribution is 6.32. The summed E-state index contributed by atoms with van der Waals surface area (Å²) in [5, 5.41) is 14.2. The molecule has 0 aliphatic rings. The average Bonchev–Trinajstić information content (AvgIpc) is 2.43. The maximum atomic E-state index is 12.0. The molecule has 0 radical (unpaired) electrons. The van der Waals surface area contributed by atoms with E-state index in [2.05, 4.69) is 15.4 Å². The Labute approximate surface area is 133 Å². The second-order valence-corrected chi connectivity index (χ2v) is 4.72. The molecule has 0 bridgehead atoms. The number of rotatable bonds is 3. The van der Waals surface area contributed by atoms with Gasteiger partial charge in [-0.3, -0.25) is 0 Å². The van der Waals surface area contributed by atoms with Crippen molar-refractivity contribution in [2.75, 3.05) is 10.6 Å². The first kappa shape index (κ1) is 16.8.